The molecular weight excluding hydrogens is 390 g/mol. The number of carbonyl (C=O) groups excluding carboxylic acids is 2. The number of nitrogens with one attached hydrogen (secondary N) is 1. The summed E-state index contributed by atoms with van der Waals surface area (Å²) < 4.78 is 1.25. The molecule has 1 aliphatic rings. The van der Waals surface area contributed by atoms with Crippen LogP contribution in [0.4, 0.5) is 5.69 Å². The summed E-state index contributed by atoms with van der Waals surface area (Å²) in [5.74, 6) is -1.54. The van der Waals surface area contributed by atoms with Crippen molar-refractivity contribution < 1.29 is 14.7 Å². The normalized spacial score (nSPS) is 14.9. The number of fused-ring (bicyclic) bond motifs is 1. The standard InChI is InChI=1S/C21H15N3O4S/c1-23-16-10-6-5-9-13(16)17(25)14(19(23)27)11-15-18(26)22-21(29)24(20(15)28)12-7-3-2-4-8-12/h2-11,28H,1H3,(H,22,26,29). The molecule has 0 saturated heterocycles. The highest BCUT2D eigenvalue weighted by atomic mass is 32.1. The number of benzene rings is 2. The Hall–Kier alpha value is -3.78. The molecule has 0 radical (unpaired) electrons. The number of carbonyl (C=O) groups is 2. The fourth-order valence-electron chi connectivity index (χ4n) is 3.25. The Morgan fingerprint density at radius 3 is 2.38 bits per heavy atom. The number of rotatable bonds is 2. The molecule has 0 aliphatic carbocycles. The van der Waals surface area contributed by atoms with Gasteiger partial charge in [-0.1, -0.05) is 30.3 Å². The van der Waals surface area contributed by atoms with Crippen LogP contribution >= 0.6 is 12.2 Å². The zero-order valence-electron chi connectivity index (χ0n) is 15.2. The van der Waals surface area contributed by atoms with Gasteiger partial charge in [0.1, 0.15) is 5.56 Å². The zero-order valence-corrected chi connectivity index (χ0v) is 16.1. The highest BCUT2D eigenvalue weighted by molar-refractivity contribution is 7.71. The Morgan fingerprint density at radius 2 is 1.66 bits per heavy atom. The number of likely N-dealkylation sites (N-methyl/N-ethyl adjacent to an activating group) is 1. The number of Topliss-reactive ketones (excluding diaryl/α,β-unsaturated/α-hetero) is 1. The molecule has 0 atom stereocenters. The van der Waals surface area contributed by atoms with Crippen LogP contribution in [0.25, 0.3) is 11.8 Å². The maximum absolute atomic E-state index is 12.9. The fourth-order valence-corrected chi connectivity index (χ4v) is 3.53. The molecule has 8 heteroatoms. The smallest absolute Gasteiger partial charge is 0.262 e. The van der Waals surface area contributed by atoms with Gasteiger partial charge in [-0.2, -0.15) is 0 Å². The van der Waals surface area contributed by atoms with Crippen LogP contribution in [0.1, 0.15) is 15.9 Å². The Bertz CT molecular complexity index is 1310. The van der Waals surface area contributed by atoms with E-state index in [0.29, 0.717) is 16.9 Å². The van der Waals surface area contributed by atoms with Crippen LogP contribution < -0.4 is 10.5 Å². The molecule has 1 aromatic heterocycles. The number of aromatic hydroxyl groups is 1. The van der Waals surface area contributed by atoms with Gasteiger partial charge >= 0.3 is 0 Å². The SMILES string of the molecule is CN1C(=O)C(=Cc2c(O)n(-c3ccccc3)c(=S)[nH]c2=O)C(=O)c2ccccc21. The highest BCUT2D eigenvalue weighted by Crippen LogP contribution is 2.31. The molecule has 0 saturated carbocycles. The van der Waals surface area contributed by atoms with Gasteiger partial charge in [0.2, 0.25) is 11.7 Å². The number of amides is 1. The maximum atomic E-state index is 12.9. The van der Waals surface area contributed by atoms with E-state index < -0.39 is 23.1 Å². The van der Waals surface area contributed by atoms with Gasteiger partial charge in [0, 0.05) is 12.6 Å². The van der Waals surface area contributed by atoms with Crippen molar-refractivity contribution in [1.29, 1.82) is 0 Å². The number of H-pyrrole nitrogens is 1. The van der Waals surface area contributed by atoms with E-state index in [1.165, 1.54) is 9.47 Å². The van der Waals surface area contributed by atoms with Crippen LogP contribution in [0, 0.1) is 4.77 Å². The topological polar surface area (TPSA) is 95.4 Å². The lowest BCUT2D eigenvalue weighted by Crippen LogP contribution is -2.36. The first-order valence-corrected chi connectivity index (χ1v) is 9.08. The molecule has 29 heavy (non-hydrogen) atoms. The van der Waals surface area contributed by atoms with Gasteiger partial charge < -0.3 is 10.0 Å². The van der Waals surface area contributed by atoms with Crippen LogP contribution in [0.3, 0.4) is 0 Å². The number of hydrogen-bond acceptors (Lipinski definition) is 5. The van der Waals surface area contributed by atoms with E-state index in [1.54, 1.807) is 61.6 Å². The van der Waals surface area contributed by atoms with Crippen molar-refractivity contribution in [2.24, 2.45) is 0 Å². The minimum Gasteiger partial charge on any atom is -0.494 e. The number of para-hydroxylation sites is 2. The second-order valence-corrected chi connectivity index (χ2v) is 6.82. The van der Waals surface area contributed by atoms with E-state index in [-0.39, 0.29) is 15.9 Å². The molecule has 1 amide bonds. The molecule has 0 fully saturated rings. The van der Waals surface area contributed by atoms with Crippen LogP contribution in [-0.4, -0.2) is 33.4 Å². The van der Waals surface area contributed by atoms with Gasteiger partial charge in [-0.15, -0.1) is 0 Å². The van der Waals surface area contributed by atoms with Crippen LogP contribution in [0.2, 0.25) is 0 Å². The van der Waals surface area contributed by atoms with Crippen molar-refractivity contribution in [2.45, 2.75) is 0 Å². The van der Waals surface area contributed by atoms with Crippen molar-refractivity contribution in [1.82, 2.24) is 9.55 Å². The maximum Gasteiger partial charge on any atom is 0.262 e. The molecule has 2 N–H and O–H groups in total. The second-order valence-electron chi connectivity index (χ2n) is 6.44. The Balaban J connectivity index is 1.94. The Morgan fingerprint density at radius 1 is 1.00 bits per heavy atom. The molecule has 0 unspecified atom stereocenters. The number of aromatic amines is 1. The lowest BCUT2D eigenvalue weighted by atomic mass is 9.94. The predicted molar refractivity (Wildman–Crippen MR) is 111 cm³/mol. The molecule has 0 bridgehead atoms. The molecule has 0 spiro atoms. The van der Waals surface area contributed by atoms with E-state index in [0.717, 1.165) is 6.08 Å². The van der Waals surface area contributed by atoms with Crippen molar-refractivity contribution in [3.8, 4) is 11.6 Å². The van der Waals surface area contributed by atoms with Crippen molar-refractivity contribution in [3.63, 3.8) is 0 Å². The average molecular weight is 405 g/mol. The van der Waals surface area contributed by atoms with Gasteiger partial charge in [-0.25, -0.2) is 0 Å². The molecule has 3 aromatic rings. The first kappa shape index (κ1) is 18.6. The first-order valence-electron chi connectivity index (χ1n) is 8.67. The first-order chi connectivity index (χ1) is 13.9. The fraction of sp³-hybridized carbons (Fsp3) is 0.0476. The number of anilines is 1. The highest BCUT2D eigenvalue weighted by Gasteiger charge is 2.33. The molecule has 144 valence electrons. The van der Waals surface area contributed by atoms with E-state index in [2.05, 4.69) is 4.98 Å². The van der Waals surface area contributed by atoms with E-state index in [9.17, 15) is 19.5 Å². The van der Waals surface area contributed by atoms with Crippen molar-refractivity contribution in [2.75, 3.05) is 11.9 Å². The van der Waals surface area contributed by atoms with Crippen molar-refractivity contribution >= 4 is 35.7 Å². The monoisotopic (exact) mass is 405 g/mol. The van der Waals surface area contributed by atoms with Gasteiger partial charge in [-0.05, 0) is 42.6 Å². The predicted octanol–water partition coefficient (Wildman–Crippen LogP) is 2.84. The largest absolute Gasteiger partial charge is 0.494 e. The second kappa shape index (κ2) is 6.99. The lowest BCUT2D eigenvalue weighted by molar-refractivity contribution is -0.114. The van der Waals surface area contributed by atoms with Gasteiger partial charge in [-0.3, -0.25) is 23.9 Å². The van der Waals surface area contributed by atoms with Crippen LogP contribution in [0.15, 0.2) is 65.0 Å². The number of hydrogen-bond donors (Lipinski definition) is 2. The van der Waals surface area contributed by atoms with Gasteiger partial charge in [0.25, 0.3) is 11.5 Å². The van der Waals surface area contributed by atoms with E-state index >= 15 is 0 Å². The molecular formula is C21H15N3O4S. The van der Waals surface area contributed by atoms with Crippen molar-refractivity contribution in [3.05, 3.63) is 86.4 Å². The summed E-state index contributed by atoms with van der Waals surface area (Å²) in [4.78, 5) is 41.9. The summed E-state index contributed by atoms with van der Waals surface area (Å²) >= 11 is 5.17. The summed E-state index contributed by atoms with van der Waals surface area (Å²) in [6, 6.07) is 15.4. The number of nitrogens with zero attached hydrogens (tertiary/aromatic N) is 2. The summed E-state index contributed by atoms with van der Waals surface area (Å²) in [5.41, 5.74) is 0.199. The third-order valence-electron chi connectivity index (χ3n) is 4.71. The van der Waals surface area contributed by atoms with E-state index in [4.69, 9.17) is 12.2 Å². The number of aromatic nitrogens is 2. The zero-order chi connectivity index (χ0) is 20.7. The summed E-state index contributed by atoms with van der Waals surface area (Å²) in [7, 11) is 1.54. The molecule has 2 heterocycles. The molecule has 7 nitrogen and oxygen atoms in total. The summed E-state index contributed by atoms with van der Waals surface area (Å²) in [6.45, 7) is 0. The minimum atomic E-state index is -0.700. The molecule has 1 aliphatic heterocycles. The summed E-state index contributed by atoms with van der Waals surface area (Å²) in [5, 5.41) is 10.8. The van der Waals surface area contributed by atoms with Crippen LogP contribution in [0.5, 0.6) is 5.88 Å². The Labute approximate surface area is 170 Å². The number of ketones is 1. The molecule has 2 aromatic carbocycles. The average Bonchev–Trinajstić information content (AvgIpc) is 2.72. The molecule has 4 rings (SSSR count). The third-order valence-corrected chi connectivity index (χ3v) is 5.00. The minimum absolute atomic E-state index is 0.00962. The quantitative estimate of drug-likeness (QED) is 0.388. The third kappa shape index (κ3) is 2.99. The summed E-state index contributed by atoms with van der Waals surface area (Å²) in [6.07, 6.45) is 1.11. The van der Waals surface area contributed by atoms with E-state index in [1.807, 2.05) is 0 Å². The van der Waals surface area contributed by atoms with Gasteiger partial charge in [0.15, 0.2) is 4.77 Å². The van der Waals surface area contributed by atoms with Gasteiger partial charge in [0.05, 0.1) is 16.9 Å². The lowest BCUT2D eigenvalue weighted by Gasteiger charge is -2.26. The van der Waals surface area contributed by atoms with Crippen LogP contribution in [-0.2, 0) is 4.79 Å². The Kier molecular flexibility index (Phi) is 4.48.